The number of fused-ring (bicyclic) bond motifs is 1. The fourth-order valence-electron chi connectivity index (χ4n) is 2.49. The zero-order chi connectivity index (χ0) is 20.3. The summed E-state index contributed by atoms with van der Waals surface area (Å²) in [7, 11) is 0. The van der Waals surface area contributed by atoms with Gasteiger partial charge in [0.25, 0.3) is 11.8 Å². The van der Waals surface area contributed by atoms with E-state index in [-0.39, 0.29) is 5.69 Å². The van der Waals surface area contributed by atoms with Crippen LogP contribution in [0.2, 0.25) is 0 Å². The molecule has 0 unspecified atom stereocenters. The van der Waals surface area contributed by atoms with Gasteiger partial charge in [-0.05, 0) is 31.2 Å². The summed E-state index contributed by atoms with van der Waals surface area (Å²) >= 11 is 0. The van der Waals surface area contributed by atoms with Gasteiger partial charge in [-0.2, -0.15) is 0 Å². The van der Waals surface area contributed by atoms with Gasteiger partial charge in [-0.3, -0.25) is 14.4 Å². The smallest absolute Gasteiger partial charge is 0.310 e. The molecule has 2 atom stereocenters. The standard InChI is InChI=1S/C19H16F2N2O5/c1-10(18(25)22-11-6-7-12(20)13(21)8-11)27-17(24)9-16-19(26)23-14-4-2-3-5-15(14)28-16/h2-8,10,16H,9H2,1H3,(H,22,25)(H,23,26)/t10-,16+/m0/s1. The third-order valence-electron chi connectivity index (χ3n) is 3.92. The predicted molar refractivity (Wildman–Crippen MR) is 94.6 cm³/mol. The van der Waals surface area contributed by atoms with Crippen molar-refractivity contribution in [2.45, 2.75) is 25.6 Å². The number of halogens is 2. The molecule has 28 heavy (non-hydrogen) atoms. The van der Waals surface area contributed by atoms with Crippen LogP contribution in [-0.4, -0.2) is 30.0 Å². The number of benzene rings is 2. The molecule has 2 amide bonds. The van der Waals surface area contributed by atoms with E-state index in [1.165, 1.54) is 13.0 Å². The van der Waals surface area contributed by atoms with Crippen molar-refractivity contribution in [3.8, 4) is 5.75 Å². The van der Waals surface area contributed by atoms with E-state index in [1.54, 1.807) is 24.3 Å². The maximum absolute atomic E-state index is 13.2. The lowest BCUT2D eigenvalue weighted by Gasteiger charge is -2.25. The van der Waals surface area contributed by atoms with Gasteiger partial charge in [0.1, 0.15) is 5.75 Å². The fourth-order valence-corrected chi connectivity index (χ4v) is 2.49. The highest BCUT2D eigenvalue weighted by Crippen LogP contribution is 2.29. The summed E-state index contributed by atoms with van der Waals surface area (Å²) in [5.74, 6) is -3.82. The summed E-state index contributed by atoms with van der Waals surface area (Å²) in [6, 6.07) is 9.58. The van der Waals surface area contributed by atoms with E-state index in [1.807, 2.05) is 0 Å². The van der Waals surface area contributed by atoms with Gasteiger partial charge in [-0.1, -0.05) is 12.1 Å². The number of rotatable bonds is 5. The Bertz CT molecular complexity index is 934. The van der Waals surface area contributed by atoms with Gasteiger partial charge in [0.2, 0.25) is 0 Å². The first-order valence-electron chi connectivity index (χ1n) is 8.35. The summed E-state index contributed by atoms with van der Waals surface area (Å²) < 4.78 is 36.6. The third-order valence-corrected chi connectivity index (χ3v) is 3.92. The van der Waals surface area contributed by atoms with Gasteiger partial charge >= 0.3 is 5.97 Å². The monoisotopic (exact) mass is 390 g/mol. The van der Waals surface area contributed by atoms with Crippen LogP contribution in [0.1, 0.15) is 13.3 Å². The molecule has 0 saturated heterocycles. The lowest BCUT2D eigenvalue weighted by molar-refractivity contribution is -0.155. The second-order valence-corrected chi connectivity index (χ2v) is 6.05. The molecule has 0 aliphatic carbocycles. The van der Waals surface area contributed by atoms with E-state index in [9.17, 15) is 23.2 Å². The fraction of sp³-hybridized carbons (Fsp3) is 0.211. The summed E-state index contributed by atoms with van der Waals surface area (Å²) in [4.78, 5) is 36.1. The molecule has 1 heterocycles. The van der Waals surface area contributed by atoms with Crippen molar-refractivity contribution in [2.75, 3.05) is 10.6 Å². The molecule has 146 valence electrons. The molecule has 0 spiro atoms. The Morgan fingerprint density at radius 1 is 1.21 bits per heavy atom. The number of hydrogen-bond acceptors (Lipinski definition) is 5. The highest BCUT2D eigenvalue weighted by atomic mass is 19.2. The Kier molecular flexibility index (Phi) is 5.53. The van der Waals surface area contributed by atoms with Gasteiger partial charge in [0, 0.05) is 11.8 Å². The molecule has 0 radical (unpaired) electrons. The lowest BCUT2D eigenvalue weighted by Crippen LogP contribution is -2.40. The zero-order valence-electron chi connectivity index (χ0n) is 14.7. The van der Waals surface area contributed by atoms with E-state index in [0.29, 0.717) is 11.4 Å². The minimum Gasteiger partial charge on any atom is -0.478 e. The van der Waals surface area contributed by atoms with Gasteiger partial charge in [0.05, 0.1) is 12.1 Å². The first-order valence-corrected chi connectivity index (χ1v) is 8.35. The Morgan fingerprint density at radius 3 is 2.71 bits per heavy atom. The number of nitrogens with one attached hydrogen (secondary N) is 2. The van der Waals surface area contributed by atoms with Gasteiger partial charge < -0.3 is 20.1 Å². The second-order valence-electron chi connectivity index (χ2n) is 6.05. The molecule has 2 aromatic carbocycles. The SMILES string of the molecule is C[C@H](OC(=O)C[C@H]1Oc2ccccc2NC1=O)C(=O)Nc1ccc(F)c(F)c1. The molecule has 0 saturated carbocycles. The van der Waals surface area contributed by atoms with Crippen molar-refractivity contribution in [1.82, 2.24) is 0 Å². The van der Waals surface area contributed by atoms with Crippen LogP contribution in [0, 0.1) is 11.6 Å². The highest BCUT2D eigenvalue weighted by molar-refractivity contribution is 6.00. The van der Waals surface area contributed by atoms with Gasteiger partial charge in [0.15, 0.2) is 23.8 Å². The van der Waals surface area contributed by atoms with Crippen LogP contribution in [0.4, 0.5) is 20.2 Å². The predicted octanol–water partition coefficient (Wildman–Crippen LogP) is 2.62. The van der Waals surface area contributed by atoms with Crippen molar-refractivity contribution in [1.29, 1.82) is 0 Å². The maximum atomic E-state index is 13.2. The molecule has 1 aliphatic heterocycles. The quantitative estimate of drug-likeness (QED) is 0.766. The van der Waals surface area contributed by atoms with Crippen LogP contribution < -0.4 is 15.4 Å². The number of esters is 1. The van der Waals surface area contributed by atoms with E-state index in [0.717, 1.165) is 12.1 Å². The topological polar surface area (TPSA) is 93.7 Å². The lowest BCUT2D eigenvalue weighted by atomic mass is 10.1. The van der Waals surface area contributed by atoms with Gasteiger partial charge in [-0.15, -0.1) is 0 Å². The first-order chi connectivity index (χ1) is 13.3. The summed E-state index contributed by atoms with van der Waals surface area (Å²) in [5.41, 5.74) is 0.509. The Hall–Kier alpha value is -3.49. The van der Waals surface area contributed by atoms with Crippen molar-refractivity contribution in [2.24, 2.45) is 0 Å². The Balaban J connectivity index is 1.54. The minimum absolute atomic E-state index is 0.0124. The minimum atomic E-state index is -1.22. The molecular formula is C19H16F2N2O5. The molecule has 0 aromatic heterocycles. The highest BCUT2D eigenvalue weighted by Gasteiger charge is 2.31. The van der Waals surface area contributed by atoms with E-state index >= 15 is 0 Å². The number of hydrogen-bond donors (Lipinski definition) is 2. The van der Waals surface area contributed by atoms with E-state index in [4.69, 9.17) is 9.47 Å². The zero-order valence-corrected chi connectivity index (χ0v) is 14.7. The molecule has 3 rings (SSSR count). The molecule has 9 heteroatoms. The van der Waals surface area contributed by atoms with Crippen molar-refractivity contribution < 1.29 is 32.6 Å². The average molecular weight is 390 g/mol. The number of para-hydroxylation sites is 2. The van der Waals surface area contributed by atoms with Gasteiger partial charge in [-0.25, -0.2) is 8.78 Å². The van der Waals surface area contributed by atoms with Crippen LogP contribution in [0.5, 0.6) is 5.75 Å². The summed E-state index contributed by atoms with van der Waals surface area (Å²) in [6.45, 7) is 1.31. The number of carbonyl (C=O) groups excluding carboxylic acids is 3. The molecule has 7 nitrogen and oxygen atoms in total. The third kappa shape index (κ3) is 4.43. The van der Waals surface area contributed by atoms with Crippen molar-refractivity contribution in [3.63, 3.8) is 0 Å². The number of amides is 2. The van der Waals surface area contributed by atoms with Crippen LogP contribution in [0.3, 0.4) is 0 Å². The van der Waals surface area contributed by atoms with E-state index in [2.05, 4.69) is 10.6 Å². The Labute approximate surface area is 158 Å². The molecule has 0 bridgehead atoms. The second kappa shape index (κ2) is 8.03. The Morgan fingerprint density at radius 2 is 1.96 bits per heavy atom. The molecule has 2 aromatic rings. The number of anilines is 2. The van der Waals surface area contributed by atoms with Crippen molar-refractivity contribution >= 4 is 29.2 Å². The largest absolute Gasteiger partial charge is 0.478 e. The van der Waals surface area contributed by atoms with Crippen LogP contribution >= 0.6 is 0 Å². The number of carbonyl (C=O) groups is 3. The summed E-state index contributed by atoms with van der Waals surface area (Å²) in [6.07, 6.45) is -2.72. The average Bonchev–Trinajstić information content (AvgIpc) is 2.65. The van der Waals surface area contributed by atoms with Crippen molar-refractivity contribution in [3.05, 3.63) is 54.1 Å². The molecule has 0 fully saturated rings. The number of ether oxygens (including phenoxy) is 2. The van der Waals surface area contributed by atoms with Crippen LogP contribution in [0.15, 0.2) is 42.5 Å². The normalized spacial score (nSPS) is 16.2. The first kappa shape index (κ1) is 19.3. The summed E-state index contributed by atoms with van der Waals surface area (Å²) in [5, 5.41) is 4.92. The molecule has 2 N–H and O–H groups in total. The molecular weight excluding hydrogens is 374 g/mol. The van der Waals surface area contributed by atoms with Crippen LogP contribution in [0.25, 0.3) is 0 Å². The maximum Gasteiger partial charge on any atom is 0.310 e. The molecule has 1 aliphatic rings. The van der Waals surface area contributed by atoms with E-state index < -0.39 is 48.0 Å². The van der Waals surface area contributed by atoms with Crippen LogP contribution in [-0.2, 0) is 19.1 Å².